The van der Waals surface area contributed by atoms with Gasteiger partial charge in [-0.3, -0.25) is 4.79 Å². The van der Waals surface area contributed by atoms with E-state index in [1.54, 1.807) is 31.3 Å². The number of carbonyl (C=O) groups is 1. The molecule has 0 atom stereocenters. The zero-order valence-corrected chi connectivity index (χ0v) is 11.5. The Labute approximate surface area is 119 Å². The van der Waals surface area contributed by atoms with Gasteiger partial charge in [0.1, 0.15) is 5.76 Å². The van der Waals surface area contributed by atoms with Crippen molar-refractivity contribution in [3.05, 3.63) is 57.6 Å². The summed E-state index contributed by atoms with van der Waals surface area (Å²) in [5, 5.41) is 1.66. The number of H-pyrrole nitrogens is 1. The van der Waals surface area contributed by atoms with Gasteiger partial charge in [0.2, 0.25) is 0 Å². The van der Waals surface area contributed by atoms with E-state index in [0.717, 1.165) is 5.52 Å². The summed E-state index contributed by atoms with van der Waals surface area (Å²) in [7, 11) is 0. The number of aromatic amines is 1. The fourth-order valence-corrected chi connectivity index (χ4v) is 2.72. The maximum absolute atomic E-state index is 12.5. The third-order valence-corrected chi connectivity index (χ3v) is 3.56. The van der Waals surface area contributed by atoms with E-state index < -0.39 is 0 Å². The van der Waals surface area contributed by atoms with Crippen molar-refractivity contribution < 1.29 is 9.21 Å². The van der Waals surface area contributed by atoms with Gasteiger partial charge in [0.05, 0.1) is 16.8 Å². The summed E-state index contributed by atoms with van der Waals surface area (Å²) in [6.07, 6.45) is 3.14. The second-order valence-electron chi connectivity index (χ2n) is 4.23. The number of fused-ring (bicyclic) bond motifs is 1. The van der Waals surface area contributed by atoms with Crippen LogP contribution >= 0.6 is 23.2 Å². The molecular weight excluding hydrogens is 285 g/mol. The van der Waals surface area contributed by atoms with Crippen molar-refractivity contribution in [2.45, 2.75) is 6.92 Å². The van der Waals surface area contributed by atoms with E-state index in [4.69, 9.17) is 27.6 Å². The molecule has 3 nitrogen and oxygen atoms in total. The zero-order valence-electron chi connectivity index (χ0n) is 9.96. The Bertz CT molecular complexity index is 786. The third-order valence-electron chi connectivity index (χ3n) is 3.04. The lowest BCUT2D eigenvalue weighted by molar-refractivity contribution is 0.103. The number of halogens is 2. The molecule has 0 aliphatic carbocycles. The average molecular weight is 294 g/mol. The second-order valence-corrected chi connectivity index (χ2v) is 5.08. The smallest absolute Gasteiger partial charge is 0.198 e. The fraction of sp³-hybridized carbons (Fsp3) is 0.0714. The Morgan fingerprint density at radius 1 is 1.26 bits per heavy atom. The lowest BCUT2D eigenvalue weighted by Gasteiger charge is -2.00. The van der Waals surface area contributed by atoms with Crippen LogP contribution in [0.3, 0.4) is 0 Å². The van der Waals surface area contributed by atoms with Crippen LogP contribution < -0.4 is 0 Å². The molecule has 0 saturated heterocycles. The molecule has 3 rings (SSSR count). The summed E-state index contributed by atoms with van der Waals surface area (Å²) in [4.78, 5) is 15.5. The number of hydrogen-bond donors (Lipinski definition) is 1. The first-order chi connectivity index (χ1) is 9.08. The molecule has 0 fully saturated rings. The quantitative estimate of drug-likeness (QED) is 0.702. The molecule has 96 valence electrons. The van der Waals surface area contributed by atoms with Gasteiger partial charge >= 0.3 is 0 Å². The van der Waals surface area contributed by atoms with Gasteiger partial charge in [0, 0.05) is 27.7 Å². The Hall–Kier alpha value is -1.71. The van der Waals surface area contributed by atoms with Crippen molar-refractivity contribution in [1.82, 2.24) is 4.98 Å². The molecule has 2 heterocycles. The predicted molar refractivity (Wildman–Crippen MR) is 75.2 cm³/mol. The number of aromatic nitrogens is 1. The molecule has 0 aliphatic rings. The highest BCUT2D eigenvalue weighted by atomic mass is 35.5. The largest absolute Gasteiger partial charge is 0.469 e. The molecule has 1 aromatic carbocycles. The molecule has 0 aliphatic heterocycles. The van der Waals surface area contributed by atoms with Crippen LogP contribution in [0.4, 0.5) is 0 Å². The maximum atomic E-state index is 12.5. The minimum atomic E-state index is -0.123. The Morgan fingerprint density at radius 3 is 2.74 bits per heavy atom. The molecule has 2 aromatic heterocycles. The van der Waals surface area contributed by atoms with Crippen LogP contribution in [0.1, 0.15) is 21.7 Å². The summed E-state index contributed by atoms with van der Waals surface area (Å²) >= 11 is 12.1. The van der Waals surface area contributed by atoms with Crippen LogP contribution in [0.15, 0.2) is 35.1 Å². The van der Waals surface area contributed by atoms with E-state index in [9.17, 15) is 4.79 Å². The number of furan rings is 1. The van der Waals surface area contributed by atoms with Gasteiger partial charge in [0.15, 0.2) is 5.78 Å². The first-order valence-electron chi connectivity index (χ1n) is 5.63. The number of rotatable bonds is 2. The molecule has 3 aromatic rings. The van der Waals surface area contributed by atoms with Crippen molar-refractivity contribution in [3.63, 3.8) is 0 Å². The summed E-state index contributed by atoms with van der Waals surface area (Å²) in [6.45, 7) is 1.75. The molecule has 5 heteroatoms. The van der Waals surface area contributed by atoms with Gasteiger partial charge < -0.3 is 9.40 Å². The summed E-state index contributed by atoms with van der Waals surface area (Å²) in [6, 6.07) is 5.01. The van der Waals surface area contributed by atoms with E-state index in [1.165, 1.54) is 6.26 Å². The molecule has 0 bridgehead atoms. The Kier molecular flexibility index (Phi) is 2.88. The normalized spacial score (nSPS) is 11.1. The SMILES string of the molecule is Cc1occc1C(=O)c1c[nH]c2cc(Cl)cc(Cl)c12. The predicted octanol–water partition coefficient (Wildman–Crippen LogP) is 4.61. The van der Waals surface area contributed by atoms with E-state index in [-0.39, 0.29) is 5.78 Å². The minimum absolute atomic E-state index is 0.123. The number of carbonyl (C=O) groups excluding carboxylic acids is 1. The van der Waals surface area contributed by atoms with Gasteiger partial charge in [-0.2, -0.15) is 0 Å². The van der Waals surface area contributed by atoms with Crippen LogP contribution in [0.2, 0.25) is 10.0 Å². The number of hydrogen-bond acceptors (Lipinski definition) is 2. The Morgan fingerprint density at radius 2 is 2.05 bits per heavy atom. The van der Waals surface area contributed by atoms with Crippen LogP contribution in [0.25, 0.3) is 10.9 Å². The van der Waals surface area contributed by atoms with Gasteiger partial charge in [-0.15, -0.1) is 0 Å². The third kappa shape index (κ3) is 1.95. The van der Waals surface area contributed by atoms with E-state index >= 15 is 0 Å². The average Bonchev–Trinajstić information content (AvgIpc) is 2.94. The summed E-state index contributed by atoms with van der Waals surface area (Å²) in [5.41, 5.74) is 1.79. The zero-order chi connectivity index (χ0) is 13.6. The molecule has 1 N–H and O–H groups in total. The molecule has 0 unspecified atom stereocenters. The lowest BCUT2D eigenvalue weighted by atomic mass is 10.0. The van der Waals surface area contributed by atoms with Gasteiger partial charge in [-0.1, -0.05) is 23.2 Å². The van der Waals surface area contributed by atoms with Crippen LogP contribution in [0.5, 0.6) is 0 Å². The van der Waals surface area contributed by atoms with Gasteiger partial charge in [-0.25, -0.2) is 0 Å². The Balaban J connectivity index is 2.22. The first kappa shape index (κ1) is 12.3. The first-order valence-corrected chi connectivity index (χ1v) is 6.38. The lowest BCUT2D eigenvalue weighted by Crippen LogP contribution is -2.00. The number of nitrogens with one attached hydrogen (secondary N) is 1. The van der Waals surface area contributed by atoms with Gasteiger partial charge in [-0.05, 0) is 25.1 Å². The highest BCUT2D eigenvalue weighted by Gasteiger charge is 2.19. The molecule has 0 radical (unpaired) electrons. The van der Waals surface area contributed by atoms with E-state index in [1.807, 2.05) is 0 Å². The highest BCUT2D eigenvalue weighted by molar-refractivity contribution is 6.40. The number of benzene rings is 1. The molecule has 0 amide bonds. The minimum Gasteiger partial charge on any atom is -0.469 e. The van der Waals surface area contributed by atoms with Crippen LogP contribution in [0, 0.1) is 6.92 Å². The van der Waals surface area contributed by atoms with E-state index in [2.05, 4.69) is 4.98 Å². The van der Waals surface area contributed by atoms with Crippen LogP contribution in [-0.2, 0) is 0 Å². The van der Waals surface area contributed by atoms with Crippen molar-refractivity contribution in [2.75, 3.05) is 0 Å². The van der Waals surface area contributed by atoms with E-state index in [0.29, 0.717) is 32.3 Å². The van der Waals surface area contributed by atoms with Crippen LogP contribution in [-0.4, -0.2) is 10.8 Å². The standard InChI is InChI=1S/C14H9Cl2NO2/c1-7-9(2-3-19-7)14(18)10-6-17-12-5-8(15)4-11(16)13(10)12/h2-6,17H,1H3. The molecular formula is C14H9Cl2NO2. The van der Waals surface area contributed by atoms with Crippen molar-refractivity contribution in [2.24, 2.45) is 0 Å². The van der Waals surface area contributed by atoms with Crippen molar-refractivity contribution in [1.29, 1.82) is 0 Å². The fourth-order valence-electron chi connectivity index (χ4n) is 2.13. The van der Waals surface area contributed by atoms with Gasteiger partial charge in [0.25, 0.3) is 0 Å². The summed E-state index contributed by atoms with van der Waals surface area (Å²) in [5.74, 6) is 0.464. The topological polar surface area (TPSA) is 46.0 Å². The van der Waals surface area contributed by atoms with Crippen molar-refractivity contribution in [3.8, 4) is 0 Å². The second kappa shape index (κ2) is 4.44. The maximum Gasteiger partial charge on any atom is 0.198 e. The van der Waals surface area contributed by atoms with Crippen molar-refractivity contribution >= 4 is 39.9 Å². The number of ketones is 1. The molecule has 0 saturated carbocycles. The highest BCUT2D eigenvalue weighted by Crippen LogP contribution is 2.31. The number of aryl methyl sites for hydroxylation is 1. The molecule has 0 spiro atoms. The summed E-state index contributed by atoms with van der Waals surface area (Å²) < 4.78 is 5.16. The molecule has 19 heavy (non-hydrogen) atoms. The monoisotopic (exact) mass is 293 g/mol.